The fraction of sp³-hybridized carbons (Fsp3) is 0.316. The minimum atomic E-state index is -0.0160. The molecule has 3 nitrogen and oxygen atoms in total. The molecule has 1 fully saturated rings. The van der Waals surface area contributed by atoms with Gasteiger partial charge in [-0.3, -0.25) is 9.80 Å². The molecule has 0 N–H and O–H groups in total. The summed E-state index contributed by atoms with van der Waals surface area (Å²) < 4.78 is 0. The maximum Gasteiger partial charge on any atom is 0.138 e. The maximum absolute atomic E-state index is 11.5. The lowest BCUT2D eigenvalue weighted by atomic mass is 10.1. The minimum Gasteiger partial charge on any atom is -0.302 e. The highest BCUT2D eigenvalue weighted by Crippen LogP contribution is 2.15. The van der Waals surface area contributed by atoms with Gasteiger partial charge in [-0.05, 0) is 11.1 Å². The van der Waals surface area contributed by atoms with Gasteiger partial charge in [0.25, 0.3) is 0 Å². The number of hydrogen-bond acceptors (Lipinski definition) is 3. The Labute approximate surface area is 144 Å². The van der Waals surface area contributed by atoms with Crippen LogP contribution in [0, 0.1) is 0 Å². The molecule has 1 aliphatic heterocycles. The van der Waals surface area contributed by atoms with Gasteiger partial charge in [0.15, 0.2) is 0 Å². The van der Waals surface area contributed by atoms with Crippen molar-refractivity contribution in [2.45, 2.75) is 19.1 Å². The molecule has 0 aliphatic carbocycles. The standard InChI is InChI=1S/C19H22N2O.ClH/c22-16-19-15-20(13-17-7-3-1-4-8-17)11-12-21(19)14-18-9-5-2-6-10-18;/h1-10,16,19H,11-15H2;1H. The van der Waals surface area contributed by atoms with Crippen molar-refractivity contribution in [3.05, 3.63) is 71.8 Å². The Kier molecular flexibility index (Phi) is 6.78. The van der Waals surface area contributed by atoms with E-state index in [-0.39, 0.29) is 18.4 Å². The summed E-state index contributed by atoms with van der Waals surface area (Å²) in [6.45, 7) is 4.52. The summed E-state index contributed by atoms with van der Waals surface area (Å²) in [6.07, 6.45) is 1.10. The topological polar surface area (TPSA) is 23.6 Å². The van der Waals surface area contributed by atoms with Crippen molar-refractivity contribution >= 4 is 18.7 Å². The molecule has 1 unspecified atom stereocenters. The van der Waals surface area contributed by atoms with Gasteiger partial charge < -0.3 is 4.79 Å². The van der Waals surface area contributed by atoms with Crippen LogP contribution < -0.4 is 0 Å². The van der Waals surface area contributed by atoms with Crippen LogP contribution in [0.3, 0.4) is 0 Å². The fourth-order valence-corrected chi connectivity index (χ4v) is 3.04. The van der Waals surface area contributed by atoms with E-state index in [9.17, 15) is 4.79 Å². The van der Waals surface area contributed by atoms with Crippen LogP contribution >= 0.6 is 12.4 Å². The molecular formula is C19H23ClN2O. The molecule has 2 aromatic rings. The van der Waals surface area contributed by atoms with E-state index in [1.165, 1.54) is 11.1 Å². The highest BCUT2D eigenvalue weighted by Gasteiger charge is 2.26. The van der Waals surface area contributed by atoms with Crippen LogP contribution in [0.4, 0.5) is 0 Å². The first kappa shape index (κ1) is 17.7. The van der Waals surface area contributed by atoms with Crippen molar-refractivity contribution in [2.24, 2.45) is 0 Å². The summed E-state index contributed by atoms with van der Waals surface area (Å²) in [5.41, 5.74) is 2.58. The van der Waals surface area contributed by atoms with Gasteiger partial charge >= 0.3 is 0 Å². The second-order valence-corrected chi connectivity index (χ2v) is 5.88. The van der Waals surface area contributed by atoms with Crippen molar-refractivity contribution < 1.29 is 4.79 Å². The number of aldehydes is 1. The zero-order valence-electron chi connectivity index (χ0n) is 13.2. The number of benzene rings is 2. The van der Waals surface area contributed by atoms with Crippen molar-refractivity contribution in [3.8, 4) is 0 Å². The number of piperazine rings is 1. The third-order valence-corrected chi connectivity index (χ3v) is 4.25. The summed E-state index contributed by atoms with van der Waals surface area (Å²) >= 11 is 0. The Balaban J connectivity index is 0.00000192. The lowest BCUT2D eigenvalue weighted by Crippen LogP contribution is -2.53. The molecule has 1 atom stereocenters. The maximum atomic E-state index is 11.5. The zero-order chi connectivity index (χ0) is 15.2. The average molecular weight is 331 g/mol. The van der Waals surface area contributed by atoms with Crippen LogP contribution in [0.25, 0.3) is 0 Å². The molecule has 122 valence electrons. The Morgan fingerprint density at radius 3 is 2.00 bits per heavy atom. The monoisotopic (exact) mass is 330 g/mol. The van der Waals surface area contributed by atoms with Crippen LogP contribution in [0.2, 0.25) is 0 Å². The van der Waals surface area contributed by atoms with Gasteiger partial charge in [-0.1, -0.05) is 60.7 Å². The highest BCUT2D eigenvalue weighted by molar-refractivity contribution is 5.85. The second-order valence-electron chi connectivity index (χ2n) is 5.88. The number of rotatable bonds is 5. The lowest BCUT2D eigenvalue weighted by molar-refractivity contribution is -0.115. The summed E-state index contributed by atoms with van der Waals surface area (Å²) in [4.78, 5) is 16.1. The van der Waals surface area contributed by atoms with Crippen molar-refractivity contribution in [1.82, 2.24) is 9.80 Å². The number of hydrogen-bond donors (Lipinski definition) is 0. The van der Waals surface area contributed by atoms with Crippen LogP contribution in [-0.4, -0.2) is 41.8 Å². The smallest absolute Gasteiger partial charge is 0.138 e. The molecule has 0 aromatic heterocycles. The van der Waals surface area contributed by atoms with E-state index in [0.717, 1.165) is 39.0 Å². The molecule has 0 bridgehead atoms. The van der Waals surface area contributed by atoms with Gasteiger partial charge in [-0.15, -0.1) is 12.4 Å². The van der Waals surface area contributed by atoms with E-state index in [0.29, 0.717) is 0 Å². The number of nitrogens with zero attached hydrogens (tertiary/aromatic N) is 2. The fourth-order valence-electron chi connectivity index (χ4n) is 3.04. The zero-order valence-corrected chi connectivity index (χ0v) is 14.0. The minimum absolute atomic E-state index is 0. The Bertz CT molecular complexity index is 591. The Hall–Kier alpha value is -1.68. The first-order chi connectivity index (χ1) is 10.8. The molecule has 0 radical (unpaired) electrons. The van der Waals surface area contributed by atoms with E-state index in [4.69, 9.17) is 0 Å². The van der Waals surface area contributed by atoms with Gasteiger partial charge in [0.2, 0.25) is 0 Å². The molecule has 3 rings (SSSR count). The molecule has 0 spiro atoms. The van der Waals surface area contributed by atoms with Gasteiger partial charge in [-0.25, -0.2) is 0 Å². The van der Waals surface area contributed by atoms with Gasteiger partial charge in [-0.2, -0.15) is 0 Å². The highest BCUT2D eigenvalue weighted by atomic mass is 35.5. The van der Waals surface area contributed by atoms with Crippen LogP contribution in [0.5, 0.6) is 0 Å². The molecular weight excluding hydrogens is 308 g/mol. The van der Waals surface area contributed by atoms with Crippen LogP contribution in [0.15, 0.2) is 60.7 Å². The van der Waals surface area contributed by atoms with E-state index in [1.54, 1.807) is 0 Å². The van der Waals surface area contributed by atoms with Crippen molar-refractivity contribution in [3.63, 3.8) is 0 Å². The summed E-state index contributed by atoms with van der Waals surface area (Å²) in [5.74, 6) is 0. The van der Waals surface area contributed by atoms with Crippen LogP contribution in [0.1, 0.15) is 11.1 Å². The molecule has 0 saturated carbocycles. The Morgan fingerprint density at radius 2 is 1.43 bits per heavy atom. The summed E-state index contributed by atoms with van der Waals surface area (Å²) in [7, 11) is 0. The average Bonchev–Trinajstić information content (AvgIpc) is 2.58. The van der Waals surface area contributed by atoms with E-state index in [1.807, 2.05) is 12.1 Å². The number of carbonyl (C=O) groups excluding carboxylic acids is 1. The van der Waals surface area contributed by atoms with Gasteiger partial charge in [0.05, 0.1) is 6.04 Å². The van der Waals surface area contributed by atoms with Gasteiger partial charge in [0.1, 0.15) is 6.29 Å². The van der Waals surface area contributed by atoms with Crippen LogP contribution in [-0.2, 0) is 17.9 Å². The van der Waals surface area contributed by atoms with E-state index >= 15 is 0 Å². The molecule has 1 aliphatic rings. The molecule has 1 heterocycles. The Morgan fingerprint density at radius 1 is 0.870 bits per heavy atom. The van der Waals surface area contributed by atoms with Gasteiger partial charge in [0, 0.05) is 32.7 Å². The van der Waals surface area contributed by atoms with E-state index in [2.05, 4.69) is 58.3 Å². The first-order valence-corrected chi connectivity index (χ1v) is 7.85. The molecule has 2 aromatic carbocycles. The van der Waals surface area contributed by atoms with Crippen molar-refractivity contribution in [2.75, 3.05) is 19.6 Å². The SMILES string of the molecule is Cl.O=CC1CN(Cc2ccccc2)CCN1Cc1ccccc1. The third kappa shape index (κ3) is 4.90. The quantitative estimate of drug-likeness (QED) is 0.787. The molecule has 0 amide bonds. The first-order valence-electron chi connectivity index (χ1n) is 7.85. The summed E-state index contributed by atoms with van der Waals surface area (Å²) in [6, 6.07) is 20.8. The largest absolute Gasteiger partial charge is 0.302 e. The second kappa shape index (κ2) is 8.82. The predicted octanol–water partition coefficient (Wildman–Crippen LogP) is 2.99. The number of carbonyl (C=O) groups is 1. The molecule has 23 heavy (non-hydrogen) atoms. The lowest BCUT2D eigenvalue weighted by Gasteiger charge is -2.39. The summed E-state index contributed by atoms with van der Waals surface area (Å²) in [5, 5.41) is 0. The molecule has 1 saturated heterocycles. The normalized spacial score (nSPS) is 19.0. The van der Waals surface area contributed by atoms with E-state index < -0.39 is 0 Å². The van der Waals surface area contributed by atoms with Crippen molar-refractivity contribution in [1.29, 1.82) is 0 Å². The number of halogens is 1. The third-order valence-electron chi connectivity index (χ3n) is 4.25. The molecule has 4 heteroatoms. The predicted molar refractivity (Wildman–Crippen MR) is 95.7 cm³/mol.